The molecule has 168 valence electrons. The zero-order valence-electron chi connectivity index (χ0n) is 17.2. The maximum absolute atomic E-state index is 14.0. The van der Waals surface area contributed by atoms with E-state index in [4.69, 9.17) is 22.1 Å². The Hall–Kier alpha value is -3.24. The SMILES string of the molecule is CC(C)COc1cc(F)cc(-c2cc(Cl)c(C(=O)NS(=O)(=O)c3cccc(N)n3)cn2)c1. The van der Waals surface area contributed by atoms with Crippen molar-refractivity contribution in [2.45, 2.75) is 18.9 Å². The van der Waals surface area contributed by atoms with Gasteiger partial charge in [0.25, 0.3) is 15.9 Å². The van der Waals surface area contributed by atoms with E-state index in [0.29, 0.717) is 17.9 Å². The molecule has 0 aliphatic carbocycles. The Morgan fingerprint density at radius 1 is 1.25 bits per heavy atom. The number of aromatic nitrogens is 2. The molecule has 0 aliphatic heterocycles. The summed E-state index contributed by atoms with van der Waals surface area (Å²) in [5, 5.41) is -0.489. The van der Waals surface area contributed by atoms with Gasteiger partial charge in [-0.1, -0.05) is 31.5 Å². The number of anilines is 1. The molecule has 2 aromatic heterocycles. The average molecular weight is 479 g/mol. The third-order valence-electron chi connectivity index (χ3n) is 4.10. The number of hydrogen-bond donors (Lipinski definition) is 2. The molecule has 0 fully saturated rings. The van der Waals surface area contributed by atoms with Gasteiger partial charge < -0.3 is 10.5 Å². The van der Waals surface area contributed by atoms with Gasteiger partial charge in [-0.3, -0.25) is 9.78 Å². The molecule has 1 aromatic carbocycles. The van der Waals surface area contributed by atoms with Crippen LogP contribution in [0.4, 0.5) is 10.2 Å². The number of rotatable bonds is 7. The van der Waals surface area contributed by atoms with Gasteiger partial charge in [-0.05, 0) is 36.2 Å². The summed E-state index contributed by atoms with van der Waals surface area (Å²) in [5.41, 5.74) is 5.97. The van der Waals surface area contributed by atoms with Gasteiger partial charge in [0.15, 0.2) is 5.03 Å². The van der Waals surface area contributed by atoms with Crippen molar-refractivity contribution >= 4 is 33.3 Å². The second kappa shape index (κ2) is 9.49. The number of carbonyl (C=O) groups is 1. The summed E-state index contributed by atoms with van der Waals surface area (Å²) >= 11 is 6.20. The van der Waals surface area contributed by atoms with Gasteiger partial charge in [0, 0.05) is 17.8 Å². The van der Waals surface area contributed by atoms with Gasteiger partial charge in [-0.2, -0.15) is 8.42 Å². The van der Waals surface area contributed by atoms with Crippen molar-refractivity contribution in [2.75, 3.05) is 12.3 Å². The molecule has 0 spiro atoms. The topological polar surface area (TPSA) is 124 Å². The monoisotopic (exact) mass is 478 g/mol. The lowest BCUT2D eigenvalue weighted by Crippen LogP contribution is -2.31. The first-order valence-electron chi connectivity index (χ1n) is 9.44. The van der Waals surface area contributed by atoms with Crippen molar-refractivity contribution in [3.63, 3.8) is 0 Å². The number of carbonyl (C=O) groups excluding carboxylic acids is 1. The molecule has 0 unspecified atom stereocenters. The lowest BCUT2D eigenvalue weighted by Gasteiger charge is -2.11. The van der Waals surface area contributed by atoms with Crippen molar-refractivity contribution in [3.8, 4) is 17.0 Å². The molecule has 0 aliphatic rings. The summed E-state index contributed by atoms with van der Waals surface area (Å²) in [6, 6.07) is 9.43. The highest BCUT2D eigenvalue weighted by Gasteiger charge is 2.22. The van der Waals surface area contributed by atoms with Crippen molar-refractivity contribution in [1.82, 2.24) is 14.7 Å². The number of benzene rings is 1. The Morgan fingerprint density at radius 3 is 2.66 bits per heavy atom. The Morgan fingerprint density at radius 2 is 2.00 bits per heavy atom. The Labute approximate surface area is 189 Å². The highest BCUT2D eigenvalue weighted by atomic mass is 35.5. The van der Waals surface area contributed by atoms with Crippen LogP contribution < -0.4 is 15.2 Å². The minimum atomic E-state index is -4.28. The van der Waals surface area contributed by atoms with Crippen molar-refractivity contribution < 1.29 is 22.3 Å². The first kappa shape index (κ1) is 23.4. The van der Waals surface area contributed by atoms with E-state index in [1.54, 1.807) is 6.07 Å². The fourth-order valence-corrected chi connectivity index (χ4v) is 3.80. The first-order valence-corrected chi connectivity index (χ1v) is 11.3. The Kier molecular flexibility index (Phi) is 6.95. The smallest absolute Gasteiger partial charge is 0.281 e. The van der Waals surface area contributed by atoms with E-state index in [-0.39, 0.29) is 28.0 Å². The van der Waals surface area contributed by atoms with E-state index in [9.17, 15) is 17.6 Å². The molecular weight excluding hydrogens is 459 g/mol. The molecule has 8 nitrogen and oxygen atoms in total. The van der Waals surface area contributed by atoms with Gasteiger partial charge in [0.1, 0.15) is 17.4 Å². The predicted octanol–water partition coefficient (Wildman–Crippen LogP) is 3.67. The van der Waals surface area contributed by atoms with Crippen LogP contribution in [0.15, 0.2) is 53.7 Å². The van der Waals surface area contributed by atoms with Crippen LogP contribution in [0.2, 0.25) is 5.02 Å². The fourth-order valence-electron chi connectivity index (χ4n) is 2.62. The molecule has 2 heterocycles. The van der Waals surface area contributed by atoms with Crippen LogP contribution in [0.3, 0.4) is 0 Å². The fraction of sp³-hybridized carbons (Fsp3) is 0.190. The summed E-state index contributed by atoms with van der Waals surface area (Å²) in [4.78, 5) is 20.3. The van der Waals surface area contributed by atoms with Crippen LogP contribution >= 0.6 is 11.6 Å². The minimum Gasteiger partial charge on any atom is -0.493 e. The van der Waals surface area contributed by atoms with E-state index in [1.807, 2.05) is 18.6 Å². The molecule has 0 atom stereocenters. The third-order valence-corrected chi connectivity index (χ3v) is 5.64. The van der Waals surface area contributed by atoms with E-state index in [1.165, 1.54) is 36.4 Å². The number of nitrogens with two attached hydrogens (primary N) is 1. The number of ether oxygens (including phenoxy) is 1. The molecule has 3 rings (SSSR count). The predicted molar refractivity (Wildman–Crippen MR) is 118 cm³/mol. The molecule has 0 radical (unpaired) electrons. The molecule has 3 N–H and O–H groups in total. The summed E-state index contributed by atoms with van der Waals surface area (Å²) in [7, 11) is -4.28. The highest BCUT2D eigenvalue weighted by Crippen LogP contribution is 2.28. The molecule has 1 amide bonds. The summed E-state index contributed by atoms with van der Waals surface area (Å²) in [5.74, 6) is -0.962. The van der Waals surface area contributed by atoms with Gasteiger partial charge >= 0.3 is 0 Å². The second-order valence-electron chi connectivity index (χ2n) is 7.27. The Balaban J connectivity index is 1.84. The van der Waals surface area contributed by atoms with Crippen LogP contribution in [-0.4, -0.2) is 30.9 Å². The third kappa shape index (κ3) is 5.71. The number of amides is 1. The van der Waals surface area contributed by atoms with Crippen molar-refractivity contribution in [3.05, 3.63) is 65.1 Å². The summed E-state index contributed by atoms with van der Waals surface area (Å²) in [6.45, 7) is 4.34. The van der Waals surface area contributed by atoms with Crippen LogP contribution in [0, 0.1) is 11.7 Å². The Bertz CT molecular complexity index is 1270. The van der Waals surface area contributed by atoms with Crippen LogP contribution in [0.25, 0.3) is 11.3 Å². The maximum Gasteiger partial charge on any atom is 0.281 e. The second-order valence-corrected chi connectivity index (χ2v) is 9.30. The summed E-state index contributed by atoms with van der Waals surface area (Å²) in [6.07, 6.45) is 1.11. The van der Waals surface area contributed by atoms with Crippen LogP contribution in [-0.2, 0) is 10.0 Å². The molecular formula is C21H20ClFN4O4S. The molecule has 0 bridgehead atoms. The van der Waals surface area contributed by atoms with Gasteiger partial charge in [0.2, 0.25) is 0 Å². The highest BCUT2D eigenvalue weighted by molar-refractivity contribution is 7.90. The summed E-state index contributed by atoms with van der Waals surface area (Å²) < 4.78 is 46.2. The van der Waals surface area contributed by atoms with E-state index < -0.39 is 26.8 Å². The first-order chi connectivity index (χ1) is 15.0. The lowest BCUT2D eigenvalue weighted by atomic mass is 10.1. The van der Waals surface area contributed by atoms with Crippen LogP contribution in [0.1, 0.15) is 24.2 Å². The number of nitrogens with one attached hydrogen (secondary N) is 1. The van der Waals surface area contributed by atoms with Gasteiger partial charge in [0.05, 0.1) is 22.9 Å². The van der Waals surface area contributed by atoms with Crippen molar-refractivity contribution in [1.29, 1.82) is 0 Å². The van der Waals surface area contributed by atoms with Crippen molar-refractivity contribution in [2.24, 2.45) is 5.92 Å². The number of sulfonamides is 1. The zero-order valence-corrected chi connectivity index (χ0v) is 18.7. The number of pyridine rings is 2. The van der Waals surface area contributed by atoms with Gasteiger partial charge in [-0.25, -0.2) is 14.1 Å². The zero-order chi connectivity index (χ0) is 23.5. The average Bonchev–Trinajstić information content (AvgIpc) is 2.71. The number of halogens is 2. The largest absolute Gasteiger partial charge is 0.493 e. The molecule has 0 saturated heterocycles. The molecule has 11 heteroatoms. The minimum absolute atomic E-state index is 0.0174. The number of nitrogens with zero attached hydrogens (tertiary/aromatic N) is 2. The maximum atomic E-state index is 14.0. The molecule has 3 aromatic rings. The number of nitrogen functional groups attached to an aromatic ring is 1. The van der Waals surface area contributed by atoms with E-state index in [0.717, 1.165) is 6.20 Å². The lowest BCUT2D eigenvalue weighted by molar-refractivity contribution is 0.0981. The quantitative estimate of drug-likeness (QED) is 0.530. The van der Waals surface area contributed by atoms with E-state index in [2.05, 4.69) is 9.97 Å². The number of hydrogen-bond acceptors (Lipinski definition) is 7. The standard InChI is InChI=1S/C21H20ClFN4O4S/c1-12(2)11-31-15-7-13(6-14(23)8-15)18-9-17(22)16(10-25-18)21(28)27-32(29,30)20-5-3-4-19(24)26-20/h3-10,12H,11H2,1-2H3,(H2,24,26)(H,27,28). The van der Waals surface area contributed by atoms with Gasteiger partial charge in [-0.15, -0.1) is 0 Å². The van der Waals surface area contributed by atoms with Crippen LogP contribution in [0.5, 0.6) is 5.75 Å². The molecule has 32 heavy (non-hydrogen) atoms. The normalized spacial score (nSPS) is 11.4. The molecule has 0 saturated carbocycles. The van der Waals surface area contributed by atoms with E-state index >= 15 is 0 Å².